The lowest BCUT2D eigenvalue weighted by Gasteiger charge is -2.14. The van der Waals surface area contributed by atoms with Crippen LogP contribution in [0.2, 0.25) is 0 Å². The Bertz CT molecular complexity index is 783. The highest BCUT2D eigenvalue weighted by Crippen LogP contribution is 2.29. The third kappa shape index (κ3) is 7.34. The van der Waals surface area contributed by atoms with Gasteiger partial charge < -0.3 is 20.5 Å². The highest BCUT2D eigenvalue weighted by Gasteiger charge is 2.32. The Morgan fingerprint density at radius 2 is 1.96 bits per heavy atom. The lowest BCUT2D eigenvalue weighted by atomic mass is 10.2. The van der Waals surface area contributed by atoms with E-state index in [0.717, 1.165) is 6.07 Å². The van der Waals surface area contributed by atoms with Gasteiger partial charge in [0.05, 0.1) is 12.2 Å². The minimum Gasteiger partial charge on any atom is -0.472 e. The highest BCUT2D eigenvalue weighted by atomic mass is 19.4. The molecule has 11 heteroatoms. The first kappa shape index (κ1) is 20.2. The van der Waals surface area contributed by atoms with E-state index in [1.165, 1.54) is 30.5 Å². The van der Waals surface area contributed by atoms with E-state index in [0.29, 0.717) is 5.56 Å². The Balaban J connectivity index is 2.02. The van der Waals surface area contributed by atoms with Crippen molar-refractivity contribution in [3.63, 3.8) is 0 Å². The maximum atomic E-state index is 12.4. The van der Waals surface area contributed by atoms with Crippen LogP contribution in [0.25, 0.3) is 0 Å². The molecular weight excluding hydrogens is 375 g/mol. The molecule has 2 aromatic rings. The summed E-state index contributed by atoms with van der Waals surface area (Å²) in [4.78, 5) is 7.76. The number of nitrogens with one attached hydrogen (secondary N) is 1. The van der Waals surface area contributed by atoms with Gasteiger partial charge in [-0.25, -0.2) is 18.8 Å². The Kier molecular flexibility index (Phi) is 6.74. The lowest BCUT2D eigenvalue weighted by Crippen LogP contribution is -2.24. The van der Waals surface area contributed by atoms with E-state index >= 15 is 0 Å². The number of hydrogen-bond acceptors (Lipinski definition) is 4. The lowest BCUT2D eigenvalue weighted by molar-refractivity contribution is -0.274. The van der Waals surface area contributed by atoms with Gasteiger partial charge in [-0.3, -0.25) is 0 Å². The Labute approximate surface area is 150 Å². The van der Waals surface area contributed by atoms with E-state index in [1.54, 1.807) is 6.07 Å². The molecule has 1 heterocycles. The number of rotatable bonds is 7. The maximum Gasteiger partial charge on any atom is 0.573 e. The molecule has 0 saturated heterocycles. The summed E-state index contributed by atoms with van der Waals surface area (Å²) >= 11 is 0. The second kappa shape index (κ2) is 9.01. The van der Waals surface area contributed by atoms with Crippen molar-refractivity contribution in [1.29, 1.82) is 0 Å². The van der Waals surface area contributed by atoms with E-state index in [9.17, 15) is 22.0 Å². The van der Waals surface area contributed by atoms with Crippen molar-refractivity contribution < 1.29 is 31.4 Å². The number of benzene rings is 1. The second-order valence-corrected chi connectivity index (χ2v) is 5.07. The molecule has 2 rings (SSSR count). The third-order valence-electron chi connectivity index (χ3n) is 2.96. The molecule has 6 nitrogen and oxygen atoms in total. The smallest absolute Gasteiger partial charge is 0.472 e. The SMILES string of the molecule is NC(=NCc1ccnc(OCC(F)F)c1)Nc1ccccc1OC(F)(F)F. The monoisotopic (exact) mass is 390 g/mol. The number of nitrogens with two attached hydrogens (primary N) is 1. The Morgan fingerprint density at radius 1 is 1.22 bits per heavy atom. The van der Waals surface area contributed by atoms with E-state index in [2.05, 4.69) is 20.0 Å². The van der Waals surface area contributed by atoms with Gasteiger partial charge >= 0.3 is 6.36 Å². The topological polar surface area (TPSA) is 81.8 Å². The molecule has 0 atom stereocenters. The van der Waals surface area contributed by atoms with Gasteiger partial charge in [-0.2, -0.15) is 0 Å². The molecule has 0 aliphatic carbocycles. The van der Waals surface area contributed by atoms with Crippen LogP contribution in [-0.2, 0) is 6.54 Å². The average molecular weight is 390 g/mol. The van der Waals surface area contributed by atoms with Crippen molar-refractivity contribution in [3.8, 4) is 11.6 Å². The zero-order valence-electron chi connectivity index (χ0n) is 13.7. The standard InChI is InChI=1S/C16H15F5N4O2/c17-13(18)9-26-14-7-10(5-6-23-14)8-24-15(22)25-11-3-1-2-4-12(11)27-16(19,20)21/h1-7,13H,8-9H2,(H3,22,24,25). The molecule has 146 valence electrons. The first-order valence-electron chi connectivity index (χ1n) is 7.50. The molecule has 3 N–H and O–H groups in total. The largest absolute Gasteiger partial charge is 0.573 e. The molecule has 0 fully saturated rings. The van der Waals surface area contributed by atoms with Gasteiger partial charge in [-0.1, -0.05) is 12.1 Å². The summed E-state index contributed by atoms with van der Waals surface area (Å²) < 4.78 is 70.2. The molecule has 0 unspecified atom stereocenters. The second-order valence-electron chi connectivity index (χ2n) is 5.07. The van der Waals surface area contributed by atoms with E-state index in [-0.39, 0.29) is 24.1 Å². The minimum atomic E-state index is -4.85. The Hall–Kier alpha value is -3.11. The number of pyridine rings is 1. The summed E-state index contributed by atoms with van der Waals surface area (Å²) in [7, 11) is 0. The van der Waals surface area contributed by atoms with Crippen molar-refractivity contribution in [2.24, 2.45) is 10.7 Å². The quantitative estimate of drug-likeness (QED) is 0.429. The van der Waals surface area contributed by atoms with Crippen molar-refractivity contribution in [1.82, 2.24) is 4.98 Å². The van der Waals surface area contributed by atoms with Crippen LogP contribution in [-0.4, -0.2) is 30.3 Å². The van der Waals surface area contributed by atoms with E-state index in [4.69, 9.17) is 10.5 Å². The van der Waals surface area contributed by atoms with Crippen LogP contribution < -0.4 is 20.5 Å². The predicted molar refractivity (Wildman–Crippen MR) is 87.8 cm³/mol. The normalized spacial score (nSPS) is 12.1. The first-order chi connectivity index (χ1) is 12.7. The summed E-state index contributed by atoms with van der Waals surface area (Å²) in [6, 6.07) is 8.29. The summed E-state index contributed by atoms with van der Waals surface area (Å²) in [5, 5.41) is 2.51. The van der Waals surface area contributed by atoms with Crippen molar-refractivity contribution >= 4 is 11.6 Å². The fourth-order valence-electron chi connectivity index (χ4n) is 1.91. The number of aromatic nitrogens is 1. The molecule has 27 heavy (non-hydrogen) atoms. The summed E-state index contributed by atoms with van der Waals surface area (Å²) in [6.45, 7) is -0.770. The van der Waals surface area contributed by atoms with Crippen LogP contribution in [0.1, 0.15) is 5.56 Å². The van der Waals surface area contributed by atoms with Crippen LogP contribution in [0.5, 0.6) is 11.6 Å². The van der Waals surface area contributed by atoms with Gasteiger partial charge in [0.25, 0.3) is 6.43 Å². The summed E-state index contributed by atoms with van der Waals surface area (Å²) in [5.41, 5.74) is 6.21. The number of alkyl halides is 5. The number of nitrogens with zero attached hydrogens (tertiary/aromatic N) is 2. The van der Waals surface area contributed by atoms with Gasteiger partial charge in [0.1, 0.15) is 0 Å². The molecule has 1 aromatic carbocycles. The number of hydrogen-bond donors (Lipinski definition) is 2. The molecule has 0 spiro atoms. The van der Waals surface area contributed by atoms with E-state index in [1.807, 2.05) is 0 Å². The first-order valence-corrected chi connectivity index (χ1v) is 7.50. The third-order valence-corrected chi connectivity index (χ3v) is 2.96. The maximum absolute atomic E-state index is 12.4. The zero-order chi connectivity index (χ0) is 19.9. The van der Waals surface area contributed by atoms with Gasteiger partial charge in [0, 0.05) is 12.3 Å². The van der Waals surface area contributed by atoms with Gasteiger partial charge in [-0.15, -0.1) is 13.2 Å². The Morgan fingerprint density at radius 3 is 2.67 bits per heavy atom. The van der Waals surface area contributed by atoms with Crippen molar-refractivity contribution in [2.45, 2.75) is 19.3 Å². The minimum absolute atomic E-state index is 0.00143. The van der Waals surface area contributed by atoms with Gasteiger partial charge in [0.2, 0.25) is 5.88 Å². The summed E-state index contributed by atoms with van der Waals surface area (Å²) in [5.74, 6) is -0.631. The van der Waals surface area contributed by atoms with Crippen LogP contribution in [0, 0.1) is 0 Å². The number of anilines is 1. The number of para-hydroxylation sites is 2. The fourth-order valence-corrected chi connectivity index (χ4v) is 1.91. The average Bonchev–Trinajstić information content (AvgIpc) is 2.59. The van der Waals surface area contributed by atoms with Crippen LogP contribution in [0.4, 0.5) is 27.6 Å². The van der Waals surface area contributed by atoms with Crippen LogP contribution >= 0.6 is 0 Å². The molecule has 1 aromatic heterocycles. The number of halogens is 5. The van der Waals surface area contributed by atoms with Crippen LogP contribution in [0.15, 0.2) is 47.6 Å². The van der Waals surface area contributed by atoms with Crippen molar-refractivity contribution in [2.75, 3.05) is 11.9 Å². The predicted octanol–water partition coefficient (Wildman–Crippen LogP) is 3.55. The molecule has 0 aliphatic rings. The number of aliphatic imine (C=N–C) groups is 1. The fraction of sp³-hybridized carbons (Fsp3) is 0.250. The number of ether oxygens (including phenoxy) is 2. The van der Waals surface area contributed by atoms with E-state index < -0.39 is 25.1 Å². The molecule has 0 amide bonds. The zero-order valence-corrected chi connectivity index (χ0v) is 13.7. The molecule has 0 saturated carbocycles. The van der Waals surface area contributed by atoms with Gasteiger partial charge in [0.15, 0.2) is 18.3 Å². The molecule has 0 radical (unpaired) electrons. The van der Waals surface area contributed by atoms with Gasteiger partial charge in [-0.05, 0) is 23.8 Å². The summed E-state index contributed by atoms with van der Waals surface area (Å²) in [6.07, 6.45) is -6.13. The van der Waals surface area contributed by atoms with Crippen molar-refractivity contribution in [3.05, 3.63) is 48.2 Å². The molecular formula is C16H15F5N4O2. The molecule has 0 aliphatic heterocycles. The highest BCUT2D eigenvalue weighted by molar-refractivity contribution is 5.93. The molecule has 0 bridgehead atoms. The van der Waals surface area contributed by atoms with Crippen LogP contribution in [0.3, 0.4) is 0 Å². The number of guanidine groups is 1.